The van der Waals surface area contributed by atoms with Crippen LogP contribution in [0.2, 0.25) is 0 Å². The number of hydrogen-bond acceptors (Lipinski definition) is 3. The van der Waals surface area contributed by atoms with Gasteiger partial charge in [0.15, 0.2) is 0 Å². The van der Waals surface area contributed by atoms with E-state index in [2.05, 4.69) is 27.8 Å². The Balaban J connectivity index is 1.96. The molecule has 4 heteroatoms. The number of aromatic nitrogens is 1. The molecule has 0 N–H and O–H groups in total. The van der Waals surface area contributed by atoms with Crippen molar-refractivity contribution < 1.29 is 9.47 Å². The number of halogens is 1. The number of hydrogen-bond donors (Lipinski definition) is 0. The number of pyridine rings is 1. The van der Waals surface area contributed by atoms with E-state index in [0.717, 1.165) is 22.9 Å². The Labute approximate surface area is 128 Å². The highest BCUT2D eigenvalue weighted by Crippen LogP contribution is 2.26. The summed E-state index contributed by atoms with van der Waals surface area (Å²) < 4.78 is 12.2. The lowest BCUT2D eigenvalue weighted by Gasteiger charge is -2.09. The highest BCUT2D eigenvalue weighted by molar-refractivity contribution is 9.10. The Morgan fingerprint density at radius 1 is 1.05 bits per heavy atom. The first kappa shape index (κ1) is 14.9. The summed E-state index contributed by atoms with van der Waals surface area (Å²) in [5.41, 5.74) is 1.12. The van der Waals surface area contributed by atoms with Gasteiger partial charge in [0.1, 0.15) is 6.61 Å². The monoisotopic (exact) mass is 335 g/mol. The van der Waals surface area contributed by atoms with E-state index in [-0.39, 0.29) is 0 Å². The van der Waals surface area contributed by atoms with Crippen molar-refractivity contribution in [2.45, 2.75) is 26.4 Å². The maximum absolute atomic E-state index is 5.68. The predicted octanol–water partition coefficient (Wildman–Crippen LogP) is 4.60. The number of nitrogens with zero attached hydrogens (tertiary/aromatic N) is 1. The Morgan fingerprint density at radius 3 is 2.60 bits per heavy atom. The number of unbranched alkanes of at least 4 members (excludes halogenated alkanes) is 1. The van der Waals surface area contributed by atoms with Crippen molar-refractivity contribution in [3.8, 4) is 11.8 Å². The van der Waals surface area contributed by atoms with Crippen LogP contribution in [0.15, 0.2) is 46.9 Å². The van der Waals surface area contributed by atoms with Crippen LogP contribution < -0.4 is 9.47 Å². The first-order chi connectivity index (χ1) is 9.79. The van der Waals surface area contributed by atoms with Crippen LogP contribution in [0.1, 0.15) is 25.3 Å². The molecule has 0 saturated carbocycles. The van der Waals surface area contributed by atoms with Gasteiger partial charge in [-0.05, 0) is 34.0 Å². The molecule has 0 aliphatic heterocycles. The van der Waals surface area contributed by atoms with Crippen LogP contribution in [-0.2, 0) is 6.61 Å². The van der Waals surface area contributed by atoms with Gasteiger partial charge in [-0.3, -0.25) is 0 Å². The number of rotatable bonds is 7. The molecule has 0 bridgehead atoms. The van der Waals surface area contributed by atoms with Crippen molar-refractivity contribution in [3.05, 3.63) is 52.5 Å². The quantitative estimate of drug-likeness (QED) is 0.693. The van der Waals surface area contributed by atoms with Gasteiger partial charge in [0, 0.05) is 6.07 Å². The molecule has 0 saturated heterocycles. The fourth-order valence-corrected chi connectivity index (χ4v) is 1.97. The molecular formula is C16H18BrNO2. The van der Waals surface area contributed by atoms with E-state index in [4.69, 9.17) is 9.47 Å². The lowest BCUT2D eigenvalue weighted by atomic mass is 10.2. The van der Waals surface area contributed by atoms with Crippen LogP contribution in [-0.4, -0.2) is 11.6 Å². The van der Waals surface area contributed by atoms with E-state index in [0.29, 0.717) is 25.0 Å². The molecule has 0 amide bonds. The van der Waals surface area contributed by atoms with Gasteiger partial charge in [-0.15, -0.1) is 0 Å². The standard InChI is InChI=1S/C16H18BrNO2/c1-2-3-11-19-16-14(17)9-10-15(18-16)20-12-13-7-5-4-6-8-13/h4-10H,2-3,11-12H2,1H3. The van der Waals surface area contributed by atoms with Crippen molar-refractivity contribution in [3.63, 3.8) is 0 Å². The molecule has 3 nitrogen and oxygen atoms in total. The third-order valence-electron chi connectivity index (χ3n) is 2.75. The van der Waals surface area contributed by atoms with E-state index >= 15 is 0 Å². The van der Waals surface area contributed by atoms with Gasteiger partial charge in [-0.2, -0.15) is 4.98 Å². The third kappa shape index (κ3) is 4.53. The second kappa shape index (κ2) is 7.90. The molecule has 0 fully saturated rings. The molecule has 1 aromatic carbocycles. The predicted molar refractivity (Wildman–Crippen MR) is 83.1 cm³/mol. The summed E-state index contributed by atoms with van der Waals surface area (Å²) in [6, 6.07) is 13.8. The maximum Gasteiger partial charge on any atom is 0.231 e. The van der Waals surface area contributed by atoms with Crippen molar-refractivity contribution in [1.29, 1.82) is 0 Å². The highest BCUT2D eigenvalue weighted by atomic mass is 79.9. The molecule has 2 aromatic rings. The molecule has 0 atom stereocenters. The molecule has 1 aromatic heterocycles. The van der Waals surface area contributed by atoms with Gasteiger partial charge in [0.05, 0.1) is 11.1 Å². The van der Waals surface area contributed by atoms with E-state index in [1.165, 1.54) is 0 Å². The average molecular weight is 336 g/mol. The van der Waals surface area contributed by atoms with Crippen LogP contribution in [0.25, 0.3) is 0 Å². The van der Waals surface area contributed by atoms with Crippen LogP contribution in [0.4, 0.5) is 0 Å². The lowest BCUT2D eigenvalue weighted by Crippen LogP contribution is -2.02. The van der Waals surface area contributed by atoms with E-state index in [9.17, 15) is 0 Å². The summed E-state index contributed by atoms with van der Waals surface area (Å²) in [4.78, 5) is 4.37. The maximum atomic E-state index is 5.68. The largest absolute Gasteiger partial charge is 0.477 e. The van der Waals surface area contributed by atoms with Gasteiger partial charge in [0.2, 0.25) is 11.8 Å². The SMILES string of the molecule is CCCCOc1nc(OCc2ccccc2)ccc1Br. The minimum atomic E-state index is 0.504. The molecule has 0 unspecified atom stereocenters. The first-order valence-corrected chi connectivity index (χ1v) is 7.55. The van der Waals surface area contributed by atoms with Crippen LogP contribution in [0.5, 0.6) is 11.8 Å². The molecular weight excluding hydrogens is 318 g/mol. The van der Waals surface area contributed by atoms with E-state index < -0.39 is 0 Å². The average Bonchev–Trinajstić information content (AvgIpc) is 2.49. The topological polar surface area (TPSA) is 31.4 Å². The van der Waals surface area contributed by atoms with Crippen molar-refractivity contribution in [2.24, 2.45) is 0 Å². The van der Waals surface area contributed by atoms with Crippen LogP contribution in [0.3, 0.4) is 0 Å². The normalized spacial score (nSPS) is 10.3. The van der Waals surface area contributed by atoms with Gasteiger partial charge in [-0.1, -0.05) is 43.7 Å². The minimum absolute atomic E-state index is 0.504. The summed E-state index contributed by atoms with van der Waals surface area (Å²) in [6.45, 7) is 3.30. The molecule has 0 aliphatic carbocycles. The molecule has 20 heavy (non-hydrogen) atoms. The molecule has 0 aliphatic rings. The summed E-state index contributed by atoms with van der Waals surface area (Å²) in [6.07, 6.45) is 2.12. The zero-order chi connectivity index (χ0) is 14.2. The van der Waals surface area contributed by atoms with E-state index in [1.54, 1.807) is 0 Å². The zero-order valence-corrected chi connectivity index (χ0v) is 13.1. The summed E-state index contributed by atoms with van der Waals surface area (Å²) >= 11 is 3.44. The Morgan fingerprint density at radius 2 is 1.85 bits per heavy atom. The van der Waals surface area contributed by atoms with Gasteiger partial charge in [-0.25, -0.2) is 0 Å². The van der Waals surface area contributed by atoms with Crippen molar-refractivity contribution in [2.75, 3.05) is 6.61 Å². The number of benzene rings is 1. The lowest BCUT2D eigenvalue weighted by molar-refractivity contribution is 0.269. The van der Waals surface area contributed by atoms with Gasteiger partial charge < -0.3 is 9.47 Å². The molecule has 0 radical (unpaired) electrons. The fraction of sp³-hybridized carbons (Fsp3) is 0.312. The molecule has 1 heterocycles. The van der Waals surface area contributed by atoms with Crippen LogP contribution in [0, 0.1) is 0 Å². The van der Waals surface area contributed by atoms with Gasteiger partial charge in [0.25, 0.3) is 0 Å². The minimum Gasteiger partial charge on any atom is -0.477 e. The third-order valence-corrected chi connectivity index (χ3v) is 3.36. The Hall–Kier alpha value is -1.55. The fourth-order valence-electron chi connectivity index (χ4n) is 1.63. The van der Waals surface area contributed by atoms with Gasteiger partial charge >= 0.3 is 0 Å². The second-order valence-corrected chi connectivity index (χ2v) is 5.27. The number of ether oxygens (including phenoxy) is 2. The zero-order valence-electron chi connectivity index (χ0n) is 11.5. The summed E-state index contributed by atoms with van der Waals surface area (Å²) in [7, 11) is 0. The van der Waals surface area contributed by atoms with Crippen molar-refractivity contribution >= 4 is 15.9 Å². The van der Waals surface area contributed by atoms with Crippen LogP contribution >= 0.6 is 15.9 Å². The molecule has 0 spiro atoms. The first-order valence-electron chi connectivity index (χ1n) is 6.75. The Bertz CT molecular complexity index is 531. The summed E-state index contributed by atoms with van der Waals surface area (Å²) in [5.74, 6) is 1.16. The summed E-state index contributed by atoms with van der Waals surface area (Å²) in [5, 5.41) is 0. The highest BCUT2D eigenvalue weighted by Gasteiger charge is 2.06. The smallest absolute Gasteiger partial charge is 0.231 e. The molecule has 106 valence electrons. The molecule has 2 rings (SSSR count). The Kier molecular flexibility index (Phi) is 5.87. The van der Waals surface area contributed by atoms with Crippen molar-refractivity contribution in [1.82, 2.24) is 4.98 Å². The second-order valence-electron chi connectivity index (χ2n) is 4.41. The van der Waals surface area contributed by atoms with E-state index in [1.807, 2.05) is 42.5 Å².